The van der Waals surface area contributed by atoms with E-state index in [4.69, 9.17) is 0 Å². The molecule has 2 aromatic rings. The third-order valence-electron chi connectivity index (χ3n) is 5.04. The molecule has 110 valence electrons. The van der Waals surface area contributed by atoms with E-state index in [1.807, 2.05) is 11.3 Å². The van der Waals surface area contributed by atoms with Crippen molar-refractivity contribution in [1.29, 1.82) is 0 Å². The van der Waals surface area contributed by atoms with Gasteiger partial charge < -0.3 is 5.32 Å². The van der Waals surface area contributed by atoms with Gasteiger partial charge in [-0.05, 0) is 80.3 Å². The minimum atomic E-state index is 0.368. The van der Waals surface area contributed by atoms with Crippen molar-refractivity contribution in [2.75, 3.05) is 7.05 Å². The summed E-state index contributed by atoms with van der Waals surface area (Å²) in [4.78, 5) is 3.13. The van der Waals surface area contributed by atoms with Gasteiger partial charge in [-0.25, -0.2) is 0 Å². The Hall–Kier alpha value is -1.12. The molecular formula is C19H23NS. The molecule has 1 heterocycles. The first-order chi connectivity index (χ1) is 10.3. The first-order valence-electron chi connectivity index (χ1n) is 8.25. The molecule has 0 saturated heterocycles. The maximum atomic E-state index is 3.54. The minimum absolute atomic E-state index is 0.368. The van der Waals surface area contributed by atoms with Crippen LogP contribution in [0.2, 0.25) is 0 Å². The number of nitrogens with one attached hydrogen (secondary N) is 1. The van der Waals surface area contributed by atoms with E-state index >= 15 is 0 Å². The quantitative estimate of drug-likeness (QED) is 0.884. The van der Waals surface area contributed by atoms with Crippen LogP contribution >= 0.6 is 11.3 Å². The van der Waals surface area contributed by atoms with Gasteiger partial charge in [0.25, 0.3) is 0 Å². The molecule has 1 nitrogen and oxygen atoms in total. The Bertz CT molecular complexity index is 634. The van der Waals surface area contributed by atoms with Crippen LogP contribution in [0, 0.1) is 0 Å². The second kappa shape index (κ2) is 5.58. The van der Waals surface area contributed by atoms with E-state index in [1.54, 1.807) is 21.6 Å². The molecule has 0 amide bonds. The Morgan fingerprint density at radius 3 is 2.52 bits per heavy atom. The van der Waals surface area contributed by atoms with Crippen LogP contribution in [0.5, 0.6) is 0 Å². The Labute approximate surface area is 131 Å². The topological polar surface area (TPSA) is 12.0 Å². The van der Waals surface area contributed by atoms with Crippen LogP contribution < -0.4 is 5.32 Å². The van der Waals surface area contributed by atoms with E-state index in [2.05, 4.69) is 36.6 Å². The number of benzene rings is 1. The summed E-state index contributed by atoms with van der Waals surface area (Å²) in [7, 11) is 2.09. The van der Waals surface area contributed by atoms with E-state index in [-0.39, 0.29) is 0 Å². The molecule has 0 fully saturated rings. The van der Waals surface area contributed by atoms with Crippen LogP contribution in [-0.2, 0) is 25.7 Å². The Kier molecular flexibility index (Phi) is 3.60. The van der Waals surface area contributed by atoms with Crippen LogP contribution in [-0.4, -0.2) is 7.05 Å². The summed E-state index contributed by atoms with van der Waals surface area (Å²) in [5.41, 5.74) is 6.21. The van der Waals surface area contributed by atoms with E-state index in [0.29, 0.717) is 6.04 Å². The van der Waals surface area contributed by atoms with Gasteiger partial charge in [-0.3, -0.25) is 0 Å². The van der Waals surface area contributed by atoms with Gasteiger partial charge in [0, 0.05) is 9.75 Å². The van der Waals surface area contributed by atoms with Crippen molar-refractivity contribution in [1.82, 2.24) is 5.32 Å². The molecule has 0 saturated carbocycles. The Morgan fingerprint density at radius 2 is 1.71 bits per heavy atom. The molecule has 21 heavy (non-hydrogen) atoms. The molecule has 0 bridgehead atoms. The highest BCUT2D eigenvalue weighted by atomic mass is 32.1. The maximum absolute atomic E-state index is 3.54. The third-order valence-corrected chi connectivity index (χ3v) is 6.35. The summed E-state index contributed by atoms with van der Waals surface area (Å²) in [5.74, 6) is 0. The van der Waals surface area contributed by atoms with Crippen LogP contribution in [0.4, 0.5) is 0 Å². The molecule has 0 aliphatic heterocycles. The van der Waals surface area contributed by atoms with Crippen molar-refractivity contribution in [3.63, 3.8) is 0 Å². The zero-order valence-corrected chi connectivity index (χ0v) is 13.6. The van der Waals surface area contributed by atoms with E-state index < -0.39 is 0 Å². The van der Waals surface area contributed by atoms with Gasteiger partial charge in [-0.15, -0.1) is 11.3 Å². The fraction of sp³-hybridized carbons (Fsp3) is 0.474. The van der Waals surface area contributed by atoms with Gasteiger partial charge in [0.15, 0.2) is 0 Å². The first-order valence-corrected chi connectivity index (χ1v) is 9.07. The second-order valence-electron chi connectivity index (χ2n) is 6.41. The number of fused-ring (bicyclic) bond motifs is 2. The van der Waals surface area contributed by atoms with Gasteiger partial charge in [0.2, 0.25) is 0 Å². The molecular weight excluding hydrogens is 274 g/mol. The monoisotopic (exact) mass is 297 g/mol. The lowest BCUT2D eigenvalue weighted by atomic mass is 9.89. The minimum Gasteiger partial charge on any atom is -0.309 e. The number of hydrogen-bond acceptors (Lipinski definition) is 2. The van der Waals surface area contributed by atoms with Crippen molar-refractivity contribution in [2.24, 2.45) is 0 Å². The maximum Gasteiger partial charge on any atom is 0.0668 e. The summed E-state index contributed by atoms with van der Waals surface area (Å²) in [6.07, 6.45) is 9.18. The summed E-state index contributed by atoms with van der Waals surface area (Å²) >= 11 is 2.02. The molecule has 2 aliphatic rings. The Morgan fingerprint density at radius 1 is 0.905 bits per heavy atom. The molecule has 1 N–H and O–H groups in total. The number of hydrogen-bond donors (Lipinski definition) is 1. The normalized spacial score (nSPS) is 18.3. The van der Waals surface area contributed by atoms with Crippen LogP contribution in [0.3, 0.4) is 0 Å². The summed E-state index contributed by atoms with van der Waals surface area (Å²) in [6.45, 7) is 0. The van der Waals surface area contributed by atoms with Crippen LogP contribution in [0.15, 0.2) is 24.3 Å². The van der Waals surface area contributed by atoms with Crippen molar-refractivity contribution in [2.45, 2.75) is 51.0 Å². The summed E-state index contributed by atoms with van der Waals surface area (Å²) in [6, 6.07) is 9.99. The predicted octanol–water partition coefficient (Wildman–Crippen LogP) is 4.42. The molecule has 1 unspecified atom stereocenters. The fourth-order valence-corrected chi connectivity index (χ4v) is 5.30. The van der Waals surface area contributed by atoms with E-state index in [9.17, 15) is 0 Å². The van der Waals surface area contributed by atoms with Gasteiger partial charge in [-0.1, -0.05) is 18.2 Å². The molecule has 1 aromatic carbocycles. The molecule has 1 aromatic heterocycles. The lowest BCUT2D eigenvalue weighted by Crippen LogP contribution is -2.17. The van der Waals surface area contributed by atoms with Crippen LogP contribution in [0.1, 0.15) is 57.3 Å². The van der Waals surface area contributed by atoms with Gasteiger partial charge in [-0.2, -0.15) is 0 Å². The SMILES string of the molecule is CNC(c1ccc2c(c1)CCCC2)c1cc2c(s1)CCC2. The summed E-state index contributed by atoms with van der Waals surface area (Å²) < 4.78 is 0. The molecule has 4 rings (SSSR count). The average Bonchev–Trinajstić information content (AvgIpc) is 3.09. The van der Waals surface area contributed by atoms with Gasteiger partial charge in [0.05, 0.1) is 6.04 Å². The molecule has 0 spiro atoms. The van der Waals surface area contributed by atoms with E-state index in [0.717, 1.165) is 0 Å². The van der Waals surface area contributed by atoms with Crippen molar-refractivity contribution in [3.05, 3.63) is 56.3 Å². The predicted molar refractivity (Wildman–Crippen MR) is 90.3 cm³/mol. The first kappa shape index (κ1) is 13.5. The lowest BCUT2D eigenvalue weighted by Gasteiger charge is -2.20. The summed E-state index contributed by atoms with van der Waals surface area (Å²) in [5, 5.41) is 3.54. The molecule has 2 aliphatic carbocycles. The lowest BCUT2D eigenvalue weighted by molar-refractivity contribution is 0.672. The fourth-order valence-electron chi connectivity index (χ4n) is 3.90. The van der Waals surface area contributed by atoms with Crippen molar-refractivity contribution >= 4 is 11.3 Å². The third kappa shape index (κ3) is 2.45. The smallest absolute Gasteiger partial charge is 0.0668 e. The average molecular weight is 297 g/mol. The Balaban J connectivity index is 1.68. The highest BCUT2D eigenvalue weighted by Crippen LogP contribution is 2.36. The molecule has 0 radical (unpaired) electrons. The van der Waals surface area contributed by atoms with Gasteiger partial charge in [0.1, 0.15) is 0 Å². The zero-order chi connectivity index (χ0) is 14.2. The molecule has 1 atom stereocenters. The largest absolute Gasteiger partial charge is 0.309 e. The van der Waals surface area contributed by atoms with Crippen LogP contribution in [0.25, 0.3) is 0 Å². The van der Waals surface area contributed by atoms with Gasteiger partial charge >= 0.3 is 0 Å². The molecule has 2 heteroatoms. The second-order valence-corrected chi connectivity index (χ2v) is 7.58. The van der Waals surface area contributed by atoms with Crippen molar-refractivity contribution < 1.29 is 0 Å². The number of rotatable bonds is 3. The number of thiophene rings is 1. The van der Waals surface area contributed by atoms with Crippen molar-refractivity contribution in [3.8, 4) is 0 Å². The number of aryl methyl sites for hydroxylation is 4. The highest BCUT2D eigenvalue weighted by Gasteiger charge is 2.21. The highest BCUT2D eigenvalue weighted by molar-refractivity contribution is 7.12. The standard InChI is InChI=1S/C19H23NS/c1-20-19(18-12-15-7-4-8-17(15)21-18)16-10-9-13-5-2-3-6-14(13)11-16/h9-12,19-20H,2-8H2,1H3. The zero-order valence-electron chi connectivity index (χ0n) is 12.7. The van der Waals surface area contributed by atoms with E-state index in [1.165, 1.54) is 55.4 Å².